The summed E-state index contributed by atoms with van der Waals surface area (Å²) in [7, 11) is 0. The smallest absolute Gasteiger partial charge is 0.310 e. The van der Waals surface area contributed by atoms with E-state index in [-0.39, 0.29) is 5.92 Å². The fourth-order valence-corrected chi connectivity index (χ4v) is 7.94. The van der Waals surface area contributed by atoms with Crippen LogP contribution in [0.15, 0.2) is 35.7 Å². The average molecular weight is 560 g/mol. The number of ether oxygens (including phenoxy) is 2. The molecule has 7 nitrogen and oxygen atoms in total. The van der Waals surface area contributed by atoms with E-state index < -0.39 is 11.4 Å². The molecule has 1 aromatic heterocycles. The number of carboxylic acids is 1. The Balaban J connectivity index is 1.06. The van der Waals surface area contributed by atoms with E-state index in [2.05, 4.69) is 59.4 Å². The van der Waals surface area contributed by atoms with Crippen molar-refractivity contribution in [3.05, 3.63) is 63.5 Å². The van der Waals surface area contributed by atoms with Crippen molar-refractivity contribution < 1.29 is 19.4 Å². The van der Waals surface area contributed by atoms with E-state index in [1.807, 2.05) is 0 Å². The molecule has 4 heterocycles. The fourth-order valence-electron chi connectivity index (χ4n) is 7.08. The maximum absolute atomic E-state index is 11.7. The molecule has 3 aromatic rings. The number of hydrogen-bond acceptors (Lipinski definition) is 7. The number of carboxylic acid groups (broad SMARTS) is 1. The van der Waals surface area contributed by atoms with Crippen molar-refractivity contribution in [1.82, 2.24) is 9.88 Å². The number of para-hydroxylation sites is 1. The molecule has 0 radical (unpaired) electrons. The van der Waals surface area contributed by atoms with Crippen LogP contribution in [-0.4, -0.2) is 59.8 Å². The molecular formula is C32H37N3O4S. The molecule has 7 rings (SSSR count). The molecule has 40 heavy (non-hydrogen) atoms. The molecule has 3 fully saturated rings. The molecule has 4 aliphatic rings. The maximum atomic E-state index is 11.7. The molecule has 1 aliphatic carbocycles. The Hall–Kier alpha value is -2.94. The van der Waals surface area contributed by atoms with Crippen LogP contribution in [0.4, 0.5) is 5.13 Å². The number of anilines is 1. The van der Waals surface area contributed by atoms with E-state index in [0.29, 0.717) is 19.1 Å². The summed E-state index contributed by atoms with van der Waals surface area (Å²) in [5, 5.41) is 12.7. The van der Waals surface area contributed by atoms with Crippen LogP contribution >= 0.6 is 11.3 Å². The number of piperidine rings is 1. The van der Waals surface area contributed by atoms with Gasteiger partial charge >= 0.3 is 5.97 Å². The van der Waals surface area contributed by atoms with Gasteiger partial charge in [-0.3, -0.25) is 9.69 Å². The van der Waals surface area contributed by atoms with Crippen LogP contribution in [0.1, 0.15) is 47.1 Å². The van der Waals surface area contributed by atoms with E-state index in [1.54, 1.807) is 11.3 Å². The molecule has 8 heteroatoms. The first-order valence-corrected chi connectivity index (χ1v) is 15.4. The van der Waals surface area contributed by atoms with Crippen LogP contribution < -0.4 is 9.64 Å². The van der Waals surface area contributed by atoms with E-state index in [9.17, 15) is 9.90 Å². The van der Waals surface area contributed by atoms with E-state index in [4.69, 9.17) is 14.5 Å². The molecule has 2 aromatic carbocycles. The Labute approximate surface area is 239 Å². The van der Waals surface area contributed by atoms with Gasteiger partial charge in [0.25, 0.3) is 0 Å². The number of rotatable bonds is 7. The second-order valence-electron chi connectivity index (χ2n) is 12.0. The molecule has 3 aliphatic heterocycles. The lowest BCUT2D eigenvalue weighted by atomic mass is 9.91. The van der Waals surface area contributed by atoms with Gasteiger partial charge in [-0.05, 0) is 79.3 Å². The minimum absolute atomic E-state index is 0.239. The van der Waals surface area contributed by atoms with Crippen LogP contribution in [0.3, 0.4) is 0 Å². The standard InChI is InChI=1S/C32H37N3O4S/c1-20-4-3-5-27(28-19-40-31(33-28)35-12-10-32(30(36)37)14-24(32)16-35)29(20)39-17-23-7-6-22-15-34(25-9-13-38-18-25)11-8-26(22)21(23)2/h3-7,19,24-25H,8-18H2,1-2H3,(H,36,37)/t24-,25?,32+/m0/s1. The fraction of sp³-hybridized carbons (Fsp3) is 0.500. The van der Waals surface area contributed by atoms with Crippen molar-refractivity contribution in [2.45, 2.75) is 58.7 Å². The highest BCUT2D eigenvalue weighted by atomic mass is 32.1. The molecule has 0 amide bonds. The number of hydrogen-bond donors (Lipinski definition) is 1. The third-order valence-corrected chi connectivity index (χ3v) is 10.7. The summed E-state index contributed by atoms with van der Waals surface area (Å²) in [5.74, 6) is 0.493. The number of benzene rings is 2. The van der Waals surface area contributed by atoms with Gasteiger partial charge in [-0.15, -0.1) is 11.3 Å². The van der Waals surface area contributed by atoms with Gasteiger partial charge in [-0.2, -0.15) is 0 Å². The monoisotopic (exact) mass is 559 g/mol. The summed E-state index contributed by atoms with van der Waals surface area (Å²) in [4.78, 5) is 21.5. The Morgan fingerprint density at radius 1 is 1.25 bits per heavy atom. The first-order valence-electron chi connectivity index (χ1n) is 14.5. The molecule has 3 atom stereocenters. The summed E-state index contributed by atoms with van der Waals surface area (Å²) in [6.45, 7) is 10.2. The van der Waals surface area contributed by atoms with Crippen LogP contribution in [0.5, 0.6) is 5.75 Å². The highest BCUT2D eigenvalue weighted by Crippen LogP contribution is 2.58. The minimum Gasteiger partial charge on any atom is -0.488 e. The molecule has 0 bridgehead atoms. The molecule has 2 saturated heterocycles. The normalized spacial score (nSPS) is 25.9. The van der Waals surface area contributed by atoms with Gasteiger partial charge in [0.15, 0.2) is 5.13 Å². The first kappa shape index (κ1) is 26.0. The van der Waals surface area contributed by atoms with Crippen LogP contribution in [-0.2, 0) is 29.1 Å². The number of aromatic nitrogens is 1. The number of nitrogens with zero attached hydrogens (tertiary/aromatic N) is 3. The van der Waals surface area contributed by atoms with E-state index in [1.165, 1.54) is 22.3 Å². The lowest BCUT2D eigenvalue weighted by Crippen LogP contribution is -2.39. The van der Waals surface area contributed by atoms with Crippen molar-refractivity contribution in [2.75, 3.05) is 37.7 Å². The van der Waals surface area contributed by atoms with Crippen molar-refractivity contribution >= 4 is 22.4 Å². The van der Waals surface area contributed by atoms with E-state index in [0.717, 1.165) is 86.4 Å². The van der Waals surface area contributed by atoms with Crippen molar-refractivity contribution in [3.8, 4) is 17.0 Å². The van der Waals surface area contributed by atoms with Crippen molar-refractivity contribution in [3.63, 3.8) is 0 Å². The largest absolute Gasteiger partial charge is 0.488 e. The van der Waals surface area contributed by atoms with Crippen molar-refractivity contribution in [2.24, 2.45) is 11.3 Å². The van der Waals surface area contributed by atoms with Crippen LogP contribution in [0.2, 0.25) is 0 Å². The Kier molecular flexibility index (Phi) is 6.60. The SMILES string of the molecule is Cc1cccc(-c2csc(N3CC[C@@]4(C(=O)O)C[C@H]4C3)n2)c1OCc1ccc2c(c1C)CCN(C1CCOC1)C2. The first-order chi connectivity index (χ1) is 19.4. The summed E-state index contributed by atoms with van der Waals surface area (Å²) < 4.78 is 12.2. The zero-order chi connectivity index (χ0) is 27.4. The summed E-state index contributed by atoms with van der Waals surface area (Å²) in [6, 6.07) is 11.3. The highest BCUT2D eigenvalue weighted by molar-refractivity contribution is 7.14. The van der Waals surface area contributed by atoms with Gasteiger partial charge < -0.3 is 19.5 Å². The topological polar surface area (TPSA) is 75.1 Å². The number of fused-ring (bicyclic) bond motifs is 2. The quantitative estimate of drug-likeness (QED) is 0.412. The lowest BCUT2D eigenvalue weighted by Gasteiger charge is -2.34. The maximum Gasteiger partial charge on any atom is 0.310 e. The van der Waals surface area contributed by atoms with Gasteiger partial charge in [-0.1, -0.05) is 24.3 Å². The number of aryl methyl sites for hydroxylation is 1. The predicted molar refractivity (Wildman–Crippen MR) is 156 cm³/mol. The Morgan fingerprint density at radius 2 is 2.15 bits per heavy atom. The third-order valence-electron chi connectivity index (χ3n) is 9.80. The zero-order valence-electron chi connectivity index (χ0n) is 23.3. The summed E-state index contributed by atoms with van der Waals surface area (Å²) in [6.07, 6.45) is 3.72. The Bertz CT molecular complexity index is 1450. The van der Waals surface area contributed by atoms with Gasteiger partial charge in [0.1, 0.15) is 12.4 Å². The minimum atomic E-state index is -0.631. The second-order valence-corrected chi connectivity index (χ2v) is 12.9. The lowest BCUT2D eigenvalue weighted by molar-refractivity contribution is -0.144. The van der Waals surface area contributed by atoms with Gasteiger partial charge in [0.2, 0.25) is 0 Å². The molecule has 1 N–H and O–H groups in total. The molecule has 0 spiro atoms. The third kappa shape index (κ3) is 4.50. The highest BCUT2D eigenvalue weighted by Gasteiger charge is 2.62. The number of carbonyl (C=O) groups is 1. The average Bonchev–Trinajstić information content (AvgIpc) is 3.28. The number of aliphatic carboxylic acids is 1. The Morgan fingerprint density at radius 3 is 2.95 bits per heavy atom. The molecule has 1 unspecified atom stereocenters. The van der Waals surface area contributed by atoms with Gasteiger partial charge in [0.05, 0.1) is 17.7 Å². The zero-order valence-corrected chi connectivity index (χ0v) is 24.1. The van der Waals surface area contributed by atoms with Crippen LogP contribution in [0, 0.1) is 25.2 Å². The van der Waals surface area contributed by atoms with Gasteiger partial charge in [0, 0.05) is 49.8 Å². The van der Waals surface area contributed by atoms with Crippen molar-refractivity contribution in [1.29, 1.82) is 0 Å². The molecular weight excluding hydrogens is 522 g/mol. The molecule has 210 valence electrons. The van der Waals surface area contributed by atoms with Crippen LogP contribution in [0.25, 0.3) is 11.3 Å². The molecule has 1 saturated carbocycles. The summed E-state index contributed by atoms with van der Waals surface area (Å²) in [5.41, 5.74) is 8.06. The van der Waals surface area contributed by atoms with Gasteiger partial charge in [-0.25, -0.2) is 4.98 Å². The second kappa shape index (κ2) is 10.2. The summed E-state index contributed by atoms with van der Waals surface area (Å²) >= 11 is 1.63. The predicted octanol–water partition coefficient (Wildman–Crippen LogP) is 5.45. The number of thiazole rings is 1. The van der Waals surface area contributed by atoms with E-state index >= 15 is 0 Å².